The normalized spacial score (nSPS) is 13.9. The molecule has 2 aromatic heterocycles. The van der Waals surface area contributed by atoms with Gasteiger partial charge in [-0.1, -0.05) is 28.9 Å². The molecule has 0 fully saturated rings. The van der Waals surface area contributed by atoms with Crippen molar-refractivity contribution in [2.75, 3.05) is 19.6 Å². The summed E-state index contributed by atoms with van der Waals surface area (Å²) in [6, 6.07) is 9.23. The molecule has 0 aliphatic heterocycles. The number of hydrogen-bond donors (Lipinski definition) is 3. The van der Waals surface area contributed by atoms with E-state index in [4.69, 9.17) is 16.1 Å². The summed E-state index contributed by atoms with van der Waals surface area (Å²) < 4.78 is 5.32. The van der Waals surface area contributed by atoms with Gasteiger partial charge in [-0.15, -0.1) is 0 Å². The second-order valence-electron chi connectivity index (χ2n) is 6.68. The van der Waals surface area contributed by atoms with Crippen LogP contribution in [0.4, 0.5) is 0 Å². The third-order valence-electron chi connectivity index (χ3n) is 4.21. The molecule has 0 aliphatic rings. The van der Waals surface area contributed by atoms with Gasteiger partial charge in [-0.05, 0) is 48.4 Å². The van der Waals surface area contributed by atoms with E-state index in [9.17, 15) is 5.11 Å². The maximum absolute atomic E-state index is 10.6. The highest BCUT2D eigenvalue weighted by Gasteiger charge is 2.23. The molecule has 7 nitrogen and oxygen atoms in total. The van der Waals surface area contributed by atoms with Gasteiger partial charge in [-0.3, -0.25) is 0 Å². The molecule has 154 valence electrons. The SMILES string of the molecule is CCNC(=NCC(C)(O)c1ccsc1)NCCc1nc(-c2cccc(Cl)c2)no1. The Morgan fingerprint density at radius 2 is 2.21 bits per heavy atom. The van der Waals surface area contributed by atoms with Crippen LogP contribution >= 0.6 is 22.9 Å². The van der Waals surface area contributed by atoms with Crippen molar-refractivity contribution in [3.63, 3.8) is 0 Å². The maximum atomic E-state index is 10.6. The third kappa shape index (κ3) is 6.03. The molecule has 0 amide bonds. The molecule has 0 aliphatic carbocycles. The molecule has 3 rings (SSSR count). The Morgan fingerprint density at radius 1 is 1.34 bits per heavy atom. The minimum atomic E-state index is -1.01. The third-order valence-corrected chi connectivity index (χ3v) is 5.13. The first kappa shape index (κ1) is 21.3. The van der Waals surface area contributed by atoms with Gasteiger partial charge in [0.1, 0.15) is 5.60 Å². The van der Waals surface area contributed by atoms with Gasteiger partial charge in [-0.2, -0.15) is 16.3 Å². The van der Waals surface area contributed by atoms with Gasteiger partial charge in [-0.25, -0.2) is 4.99 Å². The van der Waals surface area contributed by atoms with Crippen LogP contribution in [0.15, 0.2) is 50.6 Å². The molecule has 1 unspecified atom stereocenters. The van der Waals surface area contributed by atoms with Gasteiger partial charge >= 0.3 is 0 Å². The highest BCUT2D eigenvalue weighted by Crippen LogP contribution is 2.23. The van der Waals surface area contributed by atoms with Crippen molar-refractivity contribution in [3.05, 3.63) is 57.6 Å². The van der Waals surface area contributed by atoms with Gasteiger partial charge in [0.05, 0.1) is 6.54 Å². The maximum Gasteiger partial charge on any atom is 0.228 e. The lowest BCUT2D eigenvalue weighted by atomic mass is 10.00. The second-order valence-corrected chi connectivity index (χ2v) is 7.90. The van der Waals surface area contributed by atoms with Crippen molar-refractivity contribution < 1.29 is 9.63 Å². The van der Waals surface area contributed by atoms with Crippen LogP contribution in [-0.2, 0) is 12.0 Å². The van der Waals surface area contributed by atoms with Gasteiger partial charge in [0.15, 0.2) is 5.96 Å². The quantitative estimate of drug-likeness (QED) is 0.372. The smallest absolute Gasteiger partial charge is 0.228 e. The summed E-state index contributed by atoms with van der Waals surface area (Å²) in [5.74, 6) is 1.65. The number of guanidine groups is 1. The molecule has 0 saturated heterocycles. The molecule has 3 N–H and O–H groups in total. The number of rotatable bonds is 8. The van der Waals surface area contributed by atoms with E-state index in [1.54, 1.807) is 30.4 Å². The van der Waals surface area contributed by atoms with E-state index in [2.05, 4.69) is 25.8 Å². The van der Waals surface area contributed by atoms with Crippen LogP contribution in [0.25, 0.3) is 11.4 Å². The van der Waals surface area contributed by atoms with Crippen LogP contribution in [0.3, 0.4) is 0 Å². The van der Waals surface area contributed by atoms with Crippen molar-refractivity contribution in [2.24, 2.45) is 4.99 Å². The van der Waals surface area contributed by atoms with Crippen molar-refractivity contribution in [2.45, 2.75) is 25.9 Å². The first-order chi connectivity index (χ1) is 14.0. The van der Waals surface area contributed by atoms with Crippen LogP contribution in [0.5, 0.6) is 0 Å². The minimum Gasteiger partial charge on any atom is -0.383 e. The van der Waals surface area contributed by atoms with Crippen molar-refractivity contribution in [3.8, 4) is 11.4 Å². The average Bonchev–Trinajstić information content (AvgIpc) is 3.39. The van der Waals surface area contributed by atoms with Crippen LogP contribution in [0, 0.1) is 0 Å². The molecule has 0 bridgehead atoms. The zero-order chi connectivity index (χ0) is 20.7. The lowest BCUT2D eigenvalue weighted by Gasteiger charge is -2.21. The molecule has 3 aromatic rings. The number of halogens is 1. The van der Waals surface area contributed by atoms with E-state index in [0.717, 1.165) is 11.1 Å². The number of benzene rings is 1. The van der Waals surface area contributed by atoms with Gasteiger partial charge in [0.25, 0.3) is 0 Å². The summed E-state index contributed by atoms with van der Waals surface area (Å²) in [4.78, 5) is 8.91. The van der Waals surface area contributed by atoms with Gasteiger partial charge < -0.3 is 20.3 Å². The lowest BCUT2D eigenvalue weighted by molar-refractivity contribution is 0.0677. The fraction of sp³-hybridized carbons (Fsp3) is 0.350. The predicted octanol–water partition coefficient (Wildman–Crippen LogP) is 3.46. The number of nitrogens with one attached hydrogen (secondary N) is 2. The topological polar surface area (TPSA) is 95.6 Å². The van der Waals surface area contributed by atoms with Crippen LogP contribution in [-0.4, -0.2) is 40.8 Å². The van der Waals surface area contributed by atoms with Crippen molar-refractivity contribution in [1.82, 2.24) is 20.8 Å². The first-order valence-electron chi connectivity index (χ1n) is 9.33. The van der Waals surface area contributed by atoms with Crippen LogP contribution in [0.2, 0.25) is 5.02 Å². The Morgan fingerprint density at radius 3 is 2.93 bits per heavy atom. The monoisotopic (exact) mass is 433 g/mol. The molecule has 1 aromatic carbocycles. The Balaban J connectivity index is 1.56. The Labute approximate surface area is 178 Å². The summed E-state index contributed by atoms with van der Waals surface area (Å²) in [6.45, 7) is 5.27. The molecule has 0 saturated carbocycles. The fourth-order valence-corrected chi connectivity index (χ4v) is 3.60. The fourth-order valence-electron chi connectivity index (χ4n) is 2.63. The van der Waals surface area contributed by atoms with E-state index in [1.165, 1.54) is 0 Å². The summed E-state index contributed by atoms with van der Waals surface area (Å²) in [5, 5.41) is 25.5. The Kier molecular flexibility index (Phi) is 7.24. The van der Waals surface area contributed by atoms with Gasteiger partial charge in [0.2, 0.25) is 11.7 Å². The Bertz CT molecular complexity index is 940. The summed E-state index contributed by atoms with van der Waals surface area (Å²) in [6.07, 6.45) is 0.541. The number of hydrogen-bond acceptors (Lipinski definition) is 6. The lowest BCUT2D eigenvalue weighted by Crippen LogP contribution is -2.39. The molecule has 9 heteroatoms. The van der Waals surface area contributed by atoms with E-state index in [0.29, 0.717) is 42.2 Å². The average molecular weight is 434 g/mol. The molecular formula is C20H24ClN5O2S. The van der Waals surface area contributed by atoms with Crippen molar-refractivity contribution in [1.29, 1.82) is 0 Å². The standard InChI is InChI=1S/C20H24ClN5O2S/c1-3-22-19(24-13-20(2,27)15-8-10-29-12-15)23-9-7-17-25-18(26-28-17)14-5-4-6-16(21)11-14/h4-6,8,10-12,27H,3,7,9,13H2,1-2H3,(H2,22,23,24). The van der Waals surface area contributed by atoms with Crippen LogP contribution < -0.4 is 10.6 Å². The molecule has 29 heavy (non-hydrogen) atoms. The number of aliphatic imine (C=N–C) groups is 1. The van der Waals surface area contributed by atoms with E-state index < -0.39 is 5.60 Å². The molecule has 0 spiro atoms. The number of thiophene rings is 1. The number of aromatic nitrogens is 2. The highest BCUT2D eigenvalue weighted by molar-refractivity contribution is 7.08. The number of nitrogens with zero attached hydrogens (tertiary/aromatic N) is 3. The summed E-state index contributed by atoms with van der Waals surface area (Å²) in [7, 11) is 0. The summed E-state index contributed by atoms with van der Waals surface area (Å²) >= 11 is 7.56. The molecule has 1 atom stereocenters. The minimum absolute atomic E-state index is 0.249. The van der Waals surface area contributed by atoms with E-state index in [1.807, 2.05) is 35.9 Å². The zero-order valence-corrected chi connectivity index (χ0v) is 17.9. The predicted molar refractivity (Wildman–Crippen MR) is 116 cm³/mol. The Hall–Kier alpha value is -2.42. The van der Waals surface area contributed by atoms with Crippen molar-refractivity contribution >= 4 is 28.9 Å². The molecular weight excluding hydrogens is 410 g/mol. The molecule has 2 heterocycles. The summed E-state index contributed by atoms with van der Waals surface area (Å²) in [5.41, 5.74) is 0.660. The van der Waals surface area contributed by atoms with Crippen LogP contribution in [0.1, 0.15) is 25.3 Å². The van der Waals surface area contributed by atoms with Gasteiger partial charge in [0, 0.05) is 30.1 Å². The highest BCUT2D eigenvalue weighted by atomic mass is 35.5. The van der Waals surface area contributed by atoms with E-state index in [-0.39, 0.29) is 6.54 Å². The second kappa shape index (κ2) is 9.87. The van der Waals surface area contributed by atoms with E-state index >= 15 is 0 Å². The molecule has 0 radical (unpaired) electrons. The number of aliphatic hydroxyl groups is 1. The first-order valence-corrected chi connectivity index (χ1v) is 10.7. The zero-order valence-electron chi connectivity index (χ0n) is 16.4. The largest absolute Gasteiger partial charge is 0.383 e.